The van der Waals surface area contributed by atoms with Crippen LogP contribution in [0.3, 0.4) is 0 Å². The van der Waals surface area contributed by atoms with Crippen molar-refractivity contribution in [3.05, 3.63) is 48.0 Å². The summed E-state index contributed by atoms with van der Waals surface area (Å²) in [5.41, 5.74) is 1.60. The standard InChI is InChI=1S/C18H22N2O4/c1-12(13-5-10-16(23-3)17(11-13)24-4)19-18(21)20-14-6-8-15(22-2)9-7-14/h5-12H,1-4H3,(H2,19,20,21)/t12-/m0/s1. The summed E-state index contributed by atoms with van der Waals surface area (Å²) in [6.07, 6.45) is 0. The van der Waals surface area contributed by atoms with Crippen LogP contribution in [0, 0.1) is 0 Å². The van der Waals surface area contributed by atoms with E-state index >= 15 is 0 Å². The summed E-state index contributed by atoms with van der Waals surface area (Å²) in [4.78, 5) is 12.1. The minimum atomic E-state index is -0.289. The molecule has 0 saturated heterocycles. The first-order chi connectivity index (χ1) is 11.6. The number of hydrogen-bond acceptors (Lipinski definition) is 4. The Morgan fingerprint density at radius 2 is 1.58 bits per heavy atom. The Labute approximate surface area is 141 Å². The number of nitrogens with one attached hydrogen (secondary N) is 2. The number of amides is 2. The van der Waals surface area contributed by atoms with Gasteiger partial charge in [0.25, 0.3) is 0 Å². The molecule has 0 aliphatic rings. The Balaban J connectivity index is 2.00. The molecule has 0 bridgehead atoms. The maximum Gasteiger partial charge on any atom is 0.319 e. The predicted molar refractivity (Wildman–Crippen MR) is 93.1 cm³/mol. The highest BCUT2D eigenvalue weighted by Crippen LogP contribution is 2.29. The molecule has 0 aromatic heterocycles. The molecule has 0 radical (unpaired) electrons. The van der Waals surface area contributed by atoms with E-state index in [2.05, 4.69) is 10.6 Å². The minimum Gasteiger partial charge on any atom is -0.497 e. The second-order valence-electron chi connectivity index (χ2n) is 5.16. The van der Waals surface area contributed by atoms with Crippen LogP contribution in [0.25, 0.3) is 0 Å². The molecule has 0 aliphatic heterocycles. The number of hydrogen-bond donors (Lipinski definition) is 2. The maximum absolute atomic E-state index is 12.1. The number of rotatable bonds is 6. The monoisotopic (exact) mass is 330 g/mol. The second-order valence-corrected chi connectivity index (χ2v) is 5.16. The fourth-order valence-corrected chi connectivity index (χ4v) is 2.24. The highest BCUT2D eigenvalue weighted by molar-refractivity contribution is 5.89. The molecule has 2 amide bonds. The van der Waals surface area contributed by atoms with Crippen LogP contribution >= 0.6 is 0 Å². The van der Waals surface area contributed by atoms with Gasteiger partial charge in [-0.25, -0.2) is 4.79 Å². The molecule has 1 atom stereocenters. The molecule has 0 saturated carbocycles. The topological polar surface area (TPSA) is 68.8 Å². The lowest BCUT2D eigenvalue weighted by molar-refractivity contribution is 0.249. The van der Waals surface area contributed by atoms with Crippen LogP contribution in [0.5, 0.6) is 17.2 Å². The molecule has 2 aromatic carbocycles. The van der Waals surface area contributed by atoms with E-state index in [0.29, 0.717) is 17.2 Å². The van der Waals surface area contributed by atoms with E-state index in [-0.39, 0.29) is 12.1 Å². The lowest BCUT2D eigenvalue weighted by Crippen LogP contribution is -2.31. The van der Waals surface area contributed by atoms with Crippen LogP contribution in [0.15, 0.2) is 42.5 Å². The smallest absolute Gasteiger partial charge is 0.319 e. The van der Waals surface area contributed by atoms with Crippen molar-refractivity contribution < 1.29 is 19.0 Å². The van der Waals surface area contributed by atoms with E-state index in [0.717, 1.165) is 11.3 Å². The van der Waals surface area contributed by atoms with E-state index in [1.165, 1.54) is 0 Å². The molecule has 2 N–H and O–H groups in total. The molecule has 6 heteroatoms. The first kappa shape index (κ1) is 17.5. The Morgan fingerprint density at radius 1 is 0.917 bits per heavy atom. The third-order valence-electron chi connectivity index (χ3n) is 3.60. The quantitative estimate of drug-likeness (QED) is 0.849. The molecule has 0 spiro atoms. The summed E-state index contributed by atoms with van der Waals surface area (Å²) in [6.45, 7) is 1.90. The summed E-state index contributed by atoms with van der Waals surface area (Å²) >= 11 is 0. The van der Waals surface area contributed by atoms with Crippen LogP contribution < -0.4 is 24.8 Å². The second kappa shape index (κ2) is 8.10. The van der Waals surface area contributed by atoms with Gasteiger partial charge in [-0.3, -0.25) is 0 Å². The van der Waals surface area contributed by atoms with Crippen molar-refractivity contribution in [3.63, 3.8) is 0 Å². The fourth-order valence-electron chi connectivity index (χ4n) is 2.24. The average Bonchev–Trinajstić information content (AvgIpc) is 2.61. The number of carbonyl (C=O) groups is 1. The van der Waals surface area contributed by atoms with Crippen molar-refractivity contribution in [3.8, 4) is 17.2 Å². The van der Waals surface area contributed by atoms with Gasteiger partial charge in [-0.1, -0.05) is 6.07 Å². The fraction of sp³-hybridized carbons (Fsp3) is 0.278. The van der Waals surface area contributed by atoms with Gasteiger partial charge in [-0.05, 0) is 48.9 Å². The van der Waals surface area contributed by atoms with Crippen LogP contribution in [0.1, 0.15) is 18.5 Å². The summed E-state index contributed by atoms with van der Waals surface area (Å²) in [6, 6.07) is 12.2. The zero-order valence-corrected chi connectivity index (χ0v) is 14.3. The summed E-state index contributed by atoms with van der Waals surface area (Å²) < 4.78 is 15.6. The molecule has 0 heterocycles. The van der Waals surface area contributed by atoms with Gasteiger partial charge in [0.05, 0.1) is 27.4 Å². The normalized spacial score (nSPS) is 11.3. The van der Waals surface area contributed by atoms with Crippen molar-refractivity contribution in [2.24, 2.45) is 0 Å². The van der Waals surface area contributed by atoms with E-state index < -0.39 is 0 Å². The summed E-state index contributed by atoms with van der Waals surface area (Å²) in [7, 11) is 4.76. The highest BCUT2D eigenvalue weighted by Gasteiger charge is 2.12. The largest absolute Gasteiger partial charge is 0.497 e. The predicted octanol–water partition coefficient (Wildman–Crippen LogP) is 3.60. The third-order valence-corrected chi connectivity index (χ3v) is 3.60. The van der Waals surface area contributed by atoms with Crippen LogP contribution in [0.4, 0.5) is 10.5 Å². The highest BCUT2D eigenvalue weighted by atomic mass is 16.5. The number of methoxy groups -OCH3 is 3. The van der Waals surface area contributed by atoms with Gasteiger partial charge in [0.2, 0.25) is 0 Å². The van der Waals surface area contributed by atoms with E-state index in [4.69, 9.17) is 14.2 Å². The molecular weight excluding hydrogens is 308 g/mol. The number of anilines is 1. The van der Waals surface area contributed by atoms with E-state index in [9.17, 15) is 4.79 Å². The lowest BCUT2D eigenvalue weighted by Gasteiger charge is -2.17. The van der Waals surface area contributed by atoms with Crippen molar-refractivity contribution >= 4 is 11.7 Å². The van der Waals surface area contributed by atoms with Crippen LogP contribution in [-0.4, -0.2) is 27.4 Å². The molecule has 2 rings (SSSR count). The van der Waals surface area contributed by atoms with Gasteiger partial charge in [-0.2, -0.15) is 0 Å². The summed E-state index contributed by atoms with van der Waals surface area (Å²) in [5.74, 6) is 2.01. The van der Waals surface area contributed by atoms with Gasteiger partial charge in [0.1, 0.15) is 5.75 Å². The zero-order chi connectivity index (χ0) is 17.5. The van der Waals surface area contributed by atoms with Crippen LogP contribution in [-0.2, 0) is 0 Å². The molecule has 24 heavy (non-hydrogen) atoms. The SMILES string of the molecule is COc1ccc(NC(=O)N[C@@H](C)c2ccc(OC)c(OC)c2)cc1. The first-order valence-electron chi connectivity index (χ1n) is 7.51. The van der Waals surface area contributed by atoms with Crippen LogP contribution in [0.2, 0.25) is 0 Å². The first-order valence-corrected chi connectivity index (χ1v) is 7.51. The van der Waals surface area contributed by atoms with Crippen molar-refractivity contribution in [1.29, 1.82) is 0 Å². The number of carbonyl (C=O) groups excluding carboxylic acids is 1. The molecule has 2 aromatic rings. The molecule has 0 unspecified atom stereocenters. The third kappa shape index (κ3) is 4.32. The lowest BCUT2D eigenvalue weighted by atomic mass is 10.1. The molecule has 0 aliphatic carbocycles. The molecule has 128 valence electrons. The van der Waals surface area contributed by atoms with Crippen molar-refractivity contribution in [2.45, 2.75) is 13.0 Å². The van der Waals surface area contributed by atoms with Gasteiger partial charge in [0, 0.05) is 5.69 Å². The minimum absolute atomic E-state index is 0.192. The Bertz CT molecular complexity index is 686. The number of urea groups is 1. The zero-order valence-electron chi connectivity index (χ0n) is 14.3. The molecular formula is C18H22N2O4. The van der Waals surface area contributed by atoms with E-state index in [1.807, 2.05) is 25.1 Å². The Hall–Kier alpha value is -2.89. The van der Waals surface area contributed by atoms with Gasteiger partial charge >= 0.3 is 6.03 Å². The summed E-state index contributed by atoms with van der Waals surface area (Å²) in [5, 5.41) is 5.67. The van der Waals surface area contributed by atoms with Gasteiger partial charge in [-0.15, -0.1) is 0 Å². The van der Waals surface area contributed by atoms with Gasteiger partial charge in [0.15, 0.2) is 11.5 Å². The Kier molecular flexibility index (Phi) is 5.89. The Morgan fingerprint density at radius 3 is 2.17 bits per heavy atom. The maximum atomic E-state index is 12.1. The van der Waals surface area contributed by atoms with Gasteiger partial charge < -0.3 is 24.8 Å². The molecule has 0 fully saturated rings. The average molecular weight is 330 g/mol. The van der Waals surface area contributed by atoms with E-state index in [1.54, 1.807) is 45.6 Å². The molecule has 6 nitrogen and oxygen atoms in total. The van der Waals surface area contributed by atoms with Crippen molar-refractivity contribution in [2.75, 3.05) is 26.6 Å². The van der Waals surface area contributed by atoms with Crippen molar-refractivity contribution in [1.82, 2.24) is 5.32 Å². The number of benzene rings is 2. The number of ether oxygens (including phenoxy) is 3.